The van der Waals surface area contributed by atoms with Crippen LogP contribution in [-0.4, -0.2) is 33.9 Å². The highest BCUT2D eigenvalue weighted by molar-refractivity contribution is 8.01. The highest BCUT2D eigenvalue weighted by Crippen LogP contribution is 2.37. The molecule has 1 N–H and O–H groups in total. The van der Waals surface area contributed by atoms with Crippen molar-refractivity contribution >= 4 is 58.4 Å². The first-order valence-electron chi connectivity index (χ1n) is 5.56. The van der Waals surface area contributed by atoms with Gasteiger partial charge in [0.05, 0.1) is 26.7 Å². The van der Waals surface area contributed by atoms with E-state index in [-0.39, 0.29) is 27.9 Å². The van der Waals surface area contributed by atoms with Gasteiger partial charge in [0, 0.05) is 6.42 Å². The predicted molar refractivity (Wildman–Crippen MR) is 77.5 cm³/mol. The zero-order valence-electron chi connectivity index (χ0n) is 10.0. The molecular formula is C12H9Cl2NO4S. The summed E-state index contributed by atoms with van der Waals surface area (Å²) < 4.78 is 0. The number of nitrogens with zero attached hydrogens (tertiary/aromatic N) is 1. The lowest BCUT2D eigenvalue weighted by molar-refractivity contribution is -0.134. The maximum absolute atomic E-state index is 12.2. The highest BCUT2D eigenvalue weighted by atomic mass is 35.5. The minimum atomic E-state index is -1.03. The summed E-state index contributed by atoms with van der Waals surface area (Å²) >= 11 is 12.8. The summed E-state index contributed by atoms with van der Waals surface area (Å²) in [5.74, 6) is -2.15. The van der Waals surface area contributed by atoms with Gasteiger partial charge in [0.1, 0.15) is 0 Å². The number of aliphatic carboxylic acids is 1. The average Bonchev–Trinajstić information content (AvgIpc) is 2.66. The van der Waals surface area contributed by atoms with Crippen molar-refractivity contribution in [2.24, 2.45) is 0 Å². The monoisotopic (exact) mass is 333 g/mol. The normalized spacial score (nSPS) is 18.7. The van der Waals surface area contributed by atoms with Gasteiger partial charge in [-0.2, -0.15) is 0 Å². The number of carboxylic acids is 1. The topological polar surface area (TPSA) is 74.7 Å². The number of rotatable bonds is 4. The Morgan fingerprint density at radius 3 is 2.75 bits per heavy atom. The molecule has 0 unspecified atom stereocenters. The number of carbonyl (C=O) groups excluding carboxylic acids is 2. The van der Waals surface area contributed by atoms with Crippen LogP contribution in [0.15, 0.2) is 18.2 Å². The van der Waals surface area contributed by atoms with E-state index in [1.54, 1.807) is 12.1 Å². The van der Waals surface area contributed by atoms with Crippen LogP contribution >= 0.6 is 35.0 Å². The molecular weight excluding hydrogens is 325 g/mol. The van der Waals surface area contributed by atoms with Crippen molar-refractivity contribution in [1.82, 2.24) is 0 Å². The molecule has 1 aromatic carbocycles. The molecule has 0 aromatic heterocycles. The zero-order chi connectivity index (χ0) is 14.9. The smallest absolute Gasteiger partial charge is 0.313 e. The molecule has 0 spiro atoms. The third-order valence-corrected chi connectivity index (χ3v) is 4.68. The lowest BCUT2D eigenvalue weighted by atomic mass is 10.3. The first-order valence-corrected chi connectivity index (χ1v) is 7.36. The van der Waals surface area contributed by atoms with Crippen molar-refractivity contribution in [2.75, 3.05) is 10.7 Å². The van der Waals surface area contributed by atoms with E-state index < -0.39 is 23.0 Å². The molecule has 1 aromatic rings. The summed E-state index contributed by atoms with van der Waals surface area (Å²) in [6, 6.07) is 4.66. The summed E-state index contributed by atoms with van der Waals surface area (Å²) in [5, 5.41) is 8.29. The molecule has 1 aliphatic heterocycles. The Morgan fingerprint density at radius 1 is 1.40 bits per heavy atom. The number of benzene rings is 1. The first kappa shape index (κ1) is 15.2. The third-order valence-electron chi connectivity index (χ3n) is 2.69. The fourth-order valence-corrected chi connectivity index (χ4v) is 3.06. The quantitative estimate of drug-likeness (QED) is 0.856. The van der Waals surface area contributed by atoms with Crippen molar-refractivity contribution in [3.8, 4) is 0 Å². The van der Waals surface area contributed by atoms with E-state index in [1.165, 1.54) is 6.07 Å². The van der Waals surface area contributed by atoms with Gasteiger partial charge in [-0.25, -0.2) is 4.90 Å². The van der Waals surface area contributed by atoms with Crippen molar-refractivity contribution in [1.29, 1.82) is 0 Å². The minimum absolute atomic E-state index is 0.0420. The first-order chi connectivity index (χ1) is 9.41. The zero-order valence-corrected chi connectivity index (χ0v) is 12.3. The maximum atomic E-state index is 12.2. The summed E-state index contributed by atoms with van der Waals surface area (Å²) in [5.41, 5.74) is 0.229. The largest absolute Gasteiger partial charge is 0.481 e. The molecule has 1 aliphatic rings. The number of imide groups is 1. The number of thioether (sulfide) groups is 1. The molecule has 0 bridgehead atoms. The lowest BCUT2D eigenvalue weighted by Crippen LogP contribution is -2.31. The molecule has 0 radical (unpaired) electrons. The summed E-state index contributed by atoms with van der Waals surface area (Å²) in [4.78, 5) is 35.6. The molecule has 106 valence electrons. The molecule has 5 nitrogen and oxygen atoms in total. The van der Waals surface area contributed by atoms with Crippen molar-refractivity contribution in [3.05, 3.63) is 28.2 Å². The SMILES string of the molecule is O=C(O)CS[C@@H]1CC(=O)N(c2cccc(Cl)c2Cl)C1=O. The molecule has 20 heavy (non-hydrogen) atoms. The van der Waals surface area contributed by atoms with Gasteiger partial charge in [-0.1, -0.05) is 29.3 Å². The highest BCUT2D eigenvalue weighted by Gasteiger charge is 2.41. The molecule has 2 amide bonds. The van der Waals surface area contributed by atoms with Gasteiger partial charge in [-0.3, -0.25) is 14.4 Å². The van der Waals surface area contributed by atoms with Crippen LogP contribution in [0.1, 0.15) is 6.42 Å². The van der Waals surface area contributed by atoms with E-state index >= 15 is 0 Å². The molecule has 1 fully saturated rings. The molecule has 8 heteroatoms. The fraction of sp³-hybridized carbons (Fsp3) is 0.250. The predicted octanol–water partition coefficient (Wildman–Crippen LogP) is 2.44. The van der Waals surface area contributed by atoms with E-state index in [4.69, 9.17) is 28.3 Å². The van der Waals surface area contributed by atoms with E-state index in [9.17, 15) is 14.4 Å². The van der Waals surface area contributed by atoms with Gasteiger partial charge in [0.15, 0.2) is 0 Å². The van der Waals surface area contributed by atoms with Crippen LogP contribution < -0.4 is 4.90 Å². The molecule has 0 saturated carbocycles. The second-order valence-corrected chi connectivity index (χ2v) is 6.01. The van der Waals surface area contributed by atoms with Gasteiger partial charge < -0.3 is 5.11 Å². The summed E-state index contributed by atoms with van der Waals surface area (Å²) in [6.07, 6.45) is -0.0420. The molecule has 0 aliphatic carbocycles. The van der Waals surface area contributed by atoms with E-state index in [2.05, 4.69) is 0 Å². The van der Waals surface area contributed by atoms with Crippen LogP contribution in [-0.2, 0) is 14.4 Å². The minimum Gasteiger partial charge on any atom is -0.481 e. The van der Waals surface area contributed by atoms with E-state index in [1.807, 2.05) is 0 Å². The van der Waals surface area contributed by atoms with Gasteiger partial charge in [0.25, 0.3) is 0 Å². The Labute approximate surface area is 128 Å². The lowest BCUT2D eigenvalue weighted by Gasteiger charge is -2.16. The fourth-order valence-electron chi connectivity index (χ4n) is 1.82. The second-order valence-electron chi connectivity index (χ2n) is 4.04. The Hall–Kier alpha value is -1.24. The van der Waals surface area contributed by atoms with Gasteiger partial charge in [-0.15, -0.1) is 11.8 Å². The van der Waals surface area contributed by atoms with Gasteiger partial charge in [0.2, 0.25) is 11.8 Å². The molecule has 1 saturated heterocycles. The molecule has 1 heterocycles. The Morgan fingerprint density at radius 2 is 2.10 bits per heavy atom. The number of halogens is 2. The number of amides is 2. The standard InChI is InChI=1S/C12H9Cl2NO4S/c13-6-2-1-3-7(11(6)14)15-9(16)4-8(12(15)19)20-5-10(17)18/h1-3,8H,4-5H2,(H,17,18)/t8-/m1/s1. The average molecular weight is 334 g/mol. The van der Waals surface area contributed by atoms with Crippen LogP contribution in [0.5, 0.6) is 0 Å². The van der Waals surface area contributed by atoms with Crippen LogP contribution in [0, 0.1) is 0 Å². The Balaban J connectivity index is 2.25. The van der Waals surface area contributed by atoms with Crippen LogP contribution in [0.2, 0.25) is 10.0 Å². The number of carbonyl (C=O) groups is 3. The third kappa shape index (κ3) is 2.92. The van der Waals surface area contributed by atoms with Gasteiger partial charge >= 0.3 is 5.97 Å². The van der Waals surface area contributed by atoms with Crippen LogP contribution in [0.25, 0.3) is 0 Å². The van der Waals surface area contributed by atoms with Crippen molar-refractivity contribution < 1.29 is 19.5 Å². The number of carboxylic acid groups (broad SMARTS) is 1. The summed E-state index contributed by atoms with van der Waals surface area (Å²) in [6.45, 7) is 0. The van der Waals surface area contributed by atoms with E-state index in [0.29, 0.717) is 0 Å². The van der Waals surface area contributed by atoms with Crippen molar-refractivity contribution in [2.45, 2.75) is 11.7 Å². The number of hydrogen-bond acceptors (Lipinski definition) is 4. The van der Waals surface area contributed by atoms with Crippen molar-refractivity contribution in [3.63, 3.8) is 0 Å². The van der Waals surface area contributed by atoms with E-state index in [0.717, 1.165) is 16.7 Å². The second kappa shape index (κ2) is 6.03. The maximum Gasteiger partial charge on any atom is 0.313 e. The molecule has 2 rings (SSSR count). The Kier molecular flexibility index (Phi) is 4.57. The summed E-state index contributed by atoms with van der Waals surface area (Å²) in [7, 11) is 0. The van der Waals surface area contributed by atoms with Crippen LogP contribution in [0.4, 0.5) is 5.69 Å². The number of anilines is 1. The van der Waals surface area contributed by atoms with Crippen LogP contribution in [0.3, 0.4) is 0 Å². The Bertz CT molecular complexity index is 593. The van der Waals surface area contributed by atoms with Gasteiger partial charge in [-0.05, 0) is 12.1 Å². The molecule has 1 atom stereocenters. The number of hydrogen-bond donors (Lipinski definition) is 1.